The van der Waals surface area contributed by atoms with Gasteiger partial charge in [-0.1, -0.05) is 12.1 Å². The fraction of sp³-hybridized carbons (Fsp3) is 0.250. The van der Waals surface area contributed by atoms with E-state index in [0.29, 0.717) is 12.1 Å². The molecule has 0 aliphatic heterocycles. The summed E-state index contributed by atoms with van der Waals surface area (Å²) in [6.07, 6.45) is -11.0. The molecule has 1 nitrogen and oxygen atoms in total. The summed E-state index contributed by atoms with van der Waals surface area (Å²) in [6.45, 7) is 0. The predicted octanol–water partition coefficient (Wildman–Crippen LogP) is 3.33. The molecular weight excluding hydrogens is 224 g/mol. The molecule has 1 rings (SSSR count). The van der Waals surface area contributed by atoms with Crippen molar-refractivity contribution in [1.29, 1.82) is 0 Å². The van der Waals surface area contributed by atoms with Crippen molar-refractivity contribution in [3.63, 3.8) is 0 Å². The van der Waals surface area contributed by atoms with Crippen molar-refractivity contribution in [1.82, 2.24) is 0 Å². The van der Waals surface area contributed by atoms with Crippen LogP contribution in [-0.4, -0.2) is 12.6 Å². The SMILES string of the molecule is FC(F)(F)N(c1cc[c]cc1)C(F)(F)F. The Bertz CT molecular complexity index is 300. The van der Waals surface area contributed by atoms with Crippen LogP contribution in [0.15, 0.2) is 24.3 Å². The maximum Gasteiger partial charge on any atom is 0.491 e. The minimum Gasteiger partial charge on any atom is -0.194 e. The molecule has 1 radical (unpaired) electrons. The lowest BCUT2D eigenvalue weighted by Crippen LogP contribution is -2.48. The number of halogens is 6. The van der Waals surface area contributed by atoms with Crippen LogP contribution < -0.4 is 4.90 Å². The molecule has 7 heteroatoms. The van der Waals surface area contributed by atoms with Gasteiger partial charge < -0.3 is 0 Å². The van der Waals surface area contributed by atoms with Crippen LogP contribution in [0.5, 0.6) is 0 Å². The summed E-state index contributed by atoms with van der Waals surface area (Å²) in [7, 11) is 0. The van der Waals surface area contributed by atoms with Gasteiger partial charge in [0.2, 0.25) is 0 Å². The van der Waals surface area contributed by atoms with Crippen molar-refractivity contribution in [2.45, 2.75) is 12.6 Å². The highest BCUT2D eigenvalue weighted by molar-refractivity contribution is 5.47. The molecule has 0 fully saturated rings. The maximum atomic E-state index is 12.1. The Morgan fingerprint density at radius 2 is 1.27 bits per heavy atom. The van der Waals surface area contributed by atoms with E-state index in [1.165, 1.54) is 0 Å². The summed E-state index contributed by atoms with van der Waals surface area (Å²) in [4.78, 5) is -1.56. The third-order valence-corrected chi connectivity index (χ3v) is 1.47. The van der Waals surface area contributed by atoms with Gasteiger partial charge in [-0.25, -0.2) is 0 Å². The van der Waals surface area contributed by atoms with Crippen LogP contribution in [0.2, 0.25) is 0 Å². The zero-order valence-electron chi connectivity index (χ0n) is 7.02. The Hall–Kier alpha value is -1.40. The number of nitrogens with zero attached hydrogens (tertiary/aromatic N) is 1. The molecule has 1 aromatic rings. The van der Waals surface area contributed by atoms with Crippen molar-refractivity contribution >= 4 is 5.69 Å². The van der Waals surface area contributed by atoms with E-state index in [4.69, 9.17) is 0 Å². The van der Waals surface area contributed by atoms with Gasteiger partial charge in [0.1, 0.15) is 0 Å². The summed E-state index contributed by atoms with van der Waals surface area (Å²) >= 11 is 0. The van der Waals surface area contributed by atoms with Crippen LogP contribution >= 0.6 is 0 Å². The third kappa shape index (κ3) is 2.77. The average Bonchev–Trinajstić information content (AvgIpc) is 2.00. The van der Waals surface area contributed by atoms with Crippen LogP contribution in [0.3, 0.4) is 0 Å². The third-order valence-electron chi connectivity index (χ3n) is 1.47. The van der Waals surface area contributed by atoms with Crippen LogP contribution in [0.1, 0.15) is 0 Å². The lowest BCUT2D eigenvalue weighted by Gasteiger charge is -2.28. The smallest absolute Gasteiger partial charge is 0.194 e. The molecule has 0 aromatic heterocycles. The molecule has 0 saturated heterocycles. The minimum absolute atomic E-state index is 0.682. The standard InChI is InChI=1S/C8H4F6N/c9-7(10,11)15(8(12,13)14)6-4-2-1-3-5-6/h2-5H. The van der Waals surface area contributed by atoms with Crippen molar-refractivity contribution in [2.75, 3.05) is 4.90 Å². The van der Waals surface area contributed by atoms with Gasteiger partial charge in [-0.2, -0.15) is 4.90 Å². The van der Waals surface area contributed by atoms with Crippen molar-refractivity contribution in [3.05, 3.63) is 30.3 Å². The second kappa shape index (κ2) is 3.63. The van der Waals surface area contributed by atoms with E-state index in [1.54, 1.807) is 0 Å². The number of anilines is 1. The van der Waals surface area contributed by atoms with Gasteiger partial charge in [0, 0.05) is 0 Å². The molecule has 0 N–H and O–H groups in total. The second-order valence-corrected chi connectivity index (χ2v) is 2.53. The van der Waals surface area contributed by atoms with Crippen LogP contribution in [-0.2, 0) is 0 Å². The topological polar surface area (TPSA) is 3.24 Å². The van der Waals surface area contributed by atoms with E-state index < -0.39 is 23.2 Å². The van der Waals surface area contributed by atoms with E-state index in [9.17, 15) is 26.3 Å². The Morgan fingerprint density at radius 1 is 0.867 bits per heavy atom. The van der Waals surface area contributed by atoms with Gasteiger partial charge in [-0.15, -0.1) is 26.3 Å². The molecule has 0 unspecified atom stereocenters. The first-order chi connectivity index (χ1) is 6.73. The van der Waals surface area contributed by atoms with Gasteiger partial charge in [0.15, 0.2) is 0 Å². The number of hydrogen-bond acceptors (Lipinski definition) is 1. The quantitative estimate of drug-likeness (QED) is 0.526. The summed E-state index contributed by atoms with van der Waals surface area (Å²) in [5.74, 6) is 0. The normalized spacial score (nSPS) is 12.7. The number of hydrogen-bond donors (Lipinski definition) is 0. The summed E-state index contributed by atoms with van der Waals surface area (Å²) in [5.41, 5.74) is -0.992. The lowest BCUT2D eigenvalue weighted by atomic mass is 10.3. The minimum atomic E-state index is -5.50. The molecule has 0 bridgehead atoms. The van der Waals surface area contributed by atoms with E-state index >= 15 is 0 Å². The van der Waals surface area contributed by atoms with Crippen molar-refractivity contribution < 1.29 is 26.3 Å². The summed E-state index contributed by atoms with van der Waals surface area (Å²) < 4.78 is 72.6. The maximum absolute atomic E-state index is 12.1. The lowest BCUT2D eigenvalue weighted by molar-refractivity contribution is -0.226. The number of rotatable bonds is 1. The van der Waals surface area contributed by atoms with Crippen LogP contribution in [0.4, 0.5) is 32.0 Å². The van der Waals surface area contributed by atoms with Gasteiger partial charge in [-0.05, 0) is 18.2 Å². The molecule has 1 aromatic carbocycles. The molecule has 0 aliphatic carbocycles. The van der Waals surface area contributed by atoms with Gasteiger partial charge >= 0.3 is 12.6 Å². The van der Waals surface area contributed by atoms with Gasteiger partial charge in [0.25, 0.3) is 0 Å². The fourth-order valence-electron chi connectivity index (χ4n) is 0.964. The number of benzene rings is 1. The summed E-state index contributed by atoms with van der Waals surface area (Å²) in [5, 5.41) is 0. The largest absolute Gasteiger partial charge is 0.491 e. The predicted molar refractivity (Wildman–Crippen MR) is 39.9 cm³/mol. The van der Waals surface area contributed by atoms with Crippen LogP contribution in [0, 0.1) is 6.07 Å². The van der Waals surface area contributed by atoms with E-state index in [-0.39, 0.29) is 0 Å². The van der Waals surface area contributed by atoms with E-state index in [2.05, 4.69) is 6.07 Å². The van der Waals surface area contributed by atoms with Gasteiger partial charge in [-0.3, -0.25) is 0 Å². The van der Waals surface area contributed by atoms with Gasteiger partial charge in [0.05, 0.1) is 5.69 Å². The first kappa shape index (κ1) is 11.7. The first-order valence-electron chi connectivity index (χ1n) is 3.63. The van der Waals surface area contributed by atoms with E-state index in [1.807, 2.05) is 0 Å². The molecule has 0 amide bonds. The van der Waals surface area contributed by atoms with E-state index in [0.717, 1.165) is 12.1 Å². The zero-order valence-corrected chi connectivity index (χ0v) is 7.02. The molecule has 0 saturated carbocycles. The Balaban J connectivity index is 3.15. The Kier molecular flexibility index (Phi) is 2.83. The molecular formula is C8H4F6N. The highest BCUT2D eigenvalue weighted by Gasteiger charge is 2.53. The van der Waals surface area contributed by atoms with Crippen molar-refractivity contribution in [2.24, 2.45) is 0 Å². The fourth-order valence-corrected chi connectivity index (χ4v) is 0.964. The monoisotopic (exact) mass is 228 g/mol. The molecule has 0 heterocycles. The van der Waals surface area contributed by atoms with Crippen molar-refractivity contribution in [3.8, 4) is 0 Å². The molecule has 0 atom stereocenters. The van der Waals surface area contributed by atoms with Crippen LogP contribution in [0.25, 0.3) is 0 Å². The number of alkyl halides is 6. The second-order valence-electron chi connectivity index (χ2n) is 2.53. The highest BCUT2D eigenvalue weighted by atomic mass is 19.4. The highest BCUT2D eigenvalue weighted by Crippen LogP contribution is 2.37. The first-order valence-corrected chi connectivity index (χ1v) is 3.63. The Labute approximate surface area is 80.9 Å². The Morgan fingerprint density at radius 3 is 1.60 bits per heavy atom. The zero-order chi connectivity index (χ0) is 11.7. The molecule has 0 spiro atoms. The molecule has 83 valence electrons. The average molecular weight is 228 g/mol. The summed E-state index contributed by atoms with van der Waals surface area (Å²) in [6, 6.07) is 5.64. The molecule has 15 heavy (non-hydrogen) atoms. The molecule has 0 aliphatic rings.